The molecule has 0 aromatic heterocycles. The van der Waals surface area contributed by atoms with Crippen LogP contribution in [0.2, 0.25) is 0 Å². The van der Waals surface area contributed by atoms with Crippen LogP contribution in [0, 0.1) is 17.6 Å². The molecule has 0 radical (unpaired) electrons. The van der Waals surface area contributed by atoms with Gasteiger partial charge in [0, 0.05) is 24.4 Å². The monoisotopic (exact) mass is 400 g/mol. The van der Waals surface area contributed by atoms with Crippen molar-refractivity contribution >= 4 is 17.3 Å². The quantitative estimate of drug-likeness (QED) is 0.733. The highest BCUT2D eigenvalue weighted by atomic mass is 19.4. The summed E-state index contributed by atoms with van der Waals surface area (Å²) in [5.41, 5.74) is -1.33. The van der Waals surface area contributed by atoms with Gasteiger partial charge in [0.05, 0.1) is 23.8 Å². The van der Waals surface area contributed by atoms with E-state index in [-0.39, 0.29) is 29.6 Å². The molecular weight excluding hydrogens is 383 g/mol. The van der Waals surface area contributed by atoms with Crippen LogP contribution in [-0.4, -0.2) is 19.1 Å². The van der Waals surface area contributed by atoms with Gasteiger partial charge >= 0.3 is 6.18 Å². The summed E-state index contributed by atoms with van der Waals surface area (Å²) in [4.78, 5) is 11.9. The normalized spacial score (nSPS) is 16.8. The largest absolute Gasteiger partial charge is 0.418 e. The van der Waals surface area contributed by atoms with Crippen molar-refractivity contribution < 1.29 is 31.5 Å². The van der Waals surface area contributed by atoms with Gasteiger partial charge < -0.3 is 15.4 Å². The SMILES string of the molecule is O=C(NCc1ccc(Nc2ccc(F)cc2C(F)(F)F)cc1F)[C@@H]1CCOC1. The van der Waals surface area contributed by atoms with E-state index < -0.39 is 29.1 Å². The summed E-state index contributed by atoms with van der Waals surface area (Å²) in [6.45, 7) is 0.790. The molecule has 3 rings (SSSR count). The van der Waals surface area contributed by atoms with Crippen LogP contribution in [0.5, 0.6) is 0 Å². The summed E-state index contributed by atoms with van der Waals surface area (Å²) in [6.07, 6.45) is -4.16. The van der Waals surface area contributed by atoms with Gasteiger partial charge in [-0.05, 0) is 36.8 Å². The van der Waals surface area contributed by atoms with E-state index in [0.29, 0.717) is 25.7 Å². The maximum absolute atomic E-state index is 14.3. The molecule has 0 spiro atoms. The molecule has 1 fully saturated rings. The van der Waals surface area contributed by atoms with Gasteiger partial charge in [0.1, 0.15) is 11.6 Å². The van der Waals surface area contributed by atoms with Crippen molar-refractivity contribution in [1.82, 2.24) is 5.32 Å². The molecule has 0 aliphatic carbocycles. The van der Waals surface area contributed by atoms with E-state index in [1.165, 1.54) is 12.1 Å². The van der Waals surface area contributed by atoms with Gasteiger partial charge in [-0.3, -0.25) is 4.79 Å². The van der Waals surface area contributed by atoms with E-state index in [2.05, 4.69) is 10.6 Å². The van der Waals surface area contributed by atoms with E-state index >= 15 is 0 Å². The Morgan fingerprint density at radius 3 is 2.57 bits per heavy atom. The average Bonchev–Trinajstić information content (AvgIpc) is 3.16. The van der Waals surface area contributed by atoms with E-state index in [1.807, 2.05) is 0 Å². The number of ether oxygens (including phenoxy) is 1. The van der Waals surface area contributed by atoms with Crippen LogP contribution >= 0.6 is 0 Å². The lowest BCUT2D eigenvalue weighted by Crippen LogP contribution is -2.30. The first-order chi connectivity index (χ1) is 13.2. The fourth-order valence-corrected chi connectivity index (χ4v) is 2.85. The Kier molecular flexibility index (Phi) is 5.83. The predicted octanol–water partition coefficient (Wildman–Crippen LogP) is 4.38. The van der Waals surface area contributed by atoms with Crippen LogP contribution in [0.3, 0.4) is 0 Å². The maximum Gasteiger partial charge on any atom is 0.418 e. The molecule has 28 heavy (non-hydrogen) atoms. The van der Waals surface area contributed by atoms with Gasteiger partial charge in [0.25, 0.3) is 0 Å². The molecule has 0 bridgehead atoms. The van der Waals surface area contributed by atoms with Crippen LogP contribution < -0.4 is 10.6 Å². The van der Waals surface area contributed by atoms with Crippen molar-refractivity contribution in [3.63, 3.8) is 0 Å². The number of hydrogen-bond acceptors (Lipinski definition) is 3. The molecule has 1 heterocycles. The Morgan fingerprint density at radius 2 is 1.93 bits per heavy atom. The van der Waals surface area contributed by atoms with Crippen molar-refractivity contribution in [2.45, 2.75) is 19.1 Å². The zero-order valence-corrected chi connectivity index (χ0v) is 14.6. The molecular formula is C19H17F5N2O2. The minimum Gasteiger partial charge on any atom is -0.381 e. The number of carbonyl (C=O) groups is 1. The molecule has 2 N–H and O–H groups in total. The van der Waals surface area contributed by atoms with Crippen LogP contribution in [0.25, 0.3) is 0 Å². The molecule has 1 saturated heterocycles. The van der Waals surface area contributed by atoms with E-state index in [0.717, 1.165) is 18.2 Å². The van der Waals surface area contributed by atoms with Crippen molar-refractivity contribution in [2.75, 3.05) is 18.5 Å². The molecule has 4 nitrogen and oxygen atoms in total. The minimum absolute atomic E-state index is 0.0498. The summed E-state index contributed by atoms with van der Waals surface area (Å²) < 4.78 is 71.7. The zero-order valence-electron chi connectivity index (χ0n) is 14.6. The lowest BCUT2D eigenvalue weighted by Gasteiger charge is -2.15. The third-order valence-corrected chi connectivity index (χ3v) is 4.37. The van der Waals surface area contributed by atoms with Gasteiger partial charge in [-0.25, -0.2) is 8.78 Å². The molecule has 0 unspecified atom stereocenters. The van der Waals surface area contributed by atoms with Gasteiger partial charge in [-0.1, -0.05) is 6.07 Å². The minimum atomic E-state index is -4.77. The van der Waals surface area contributed by atoms with Crippen LogP contribution in [0.1, 0.15) is 17.5 Å². The standard InChI is InChI=1S/C19H17F5N2O2/c20-13-2-4-17(15(7-13)19(22,23)24)26-14-3-1-11(16(21)8-14)9-25-18(27)12-5-6-28-10-12/h1-4,7-8,12,26H,5-6,9-10H2,(H,25,27)/t12-/m1/s1. The maximum atomic E-state index is 14.3. The smallest absolute Gasteiger partial charge is 0.381 e. The highest BCUT2D eigenvalue weighted by Crippen LogP contribution is 2.36. The lowest BCUT2D eigenvalue weighted by atomic mass is 10.1. The van der Waals surface area contributed by atoms with Crippen molar-refractivity contribution in [3.8, 4) is 0 Å². The van der Waals surface area contributed by atoms with Crippen molar-refractivity contribution in [1.29, 1.82) is 0 Å². The van der Waals surface area contributed by atoms with Gasteiger partial charge in [-0.15, -0.1) is 0 Å². The van der Waals surface area contributed by atoms with Crippen LogP contribution in [0.4, 0.5) is 33.3 Å². The van der Waals surface area contributed by atoms with Gasteiger partial charge in [0.15, 0.2) is 0 Å². The van der Waals surface area contributed by atoms with E-state index in [1.54, 1.807) is 0 Å². The number of rotatable bonds is 5. The molecule has 150 valence electrons. The number of anilines is 2. The number of hydrogen-bond donors (Lipinski definition) is 2. The molecule has 2 aromatic carbocycles. The van der Waals surface area contributed by atoms with Crippen LogP contribution in [0.15, 0.2) is 36.4 Å². The highest BCUT2D eigenvalue weighted by molar-refractivity contribution is 5.79. The first kappa shape index (κ1) is 20.1. The fraction of sp³-hybridized carbons (Fsp3) is 0.316. The highest BCUT2D eigenvalue weighted by Gasteiger charge is 2.34. The Balaban J connectivity index is 1.70. The summed E-state index contributed by atoms with van der Waals surface area (Å²) in [6, 6.07) is 5.95. The summed E-state index contributed by atoms with van der Waals surface area (Å²) >= 11 is 0. The number of nitrogens with one attached hydrogen (secondary N) is 2. The zero-order chi connectivity index (χ0) is 20.3. The second-order valence-corrected chi connectivity index (χ2v) is 6.40. The first-order valence-electron chi connectivity index (χ1n) is 8.51. The molecule has 0 saturated carbocycles. The van der Waals surface area contributed by atoms with Crippen LogP contribution in [-0.2, 0) is 22.3 Å². The Labute approximate surface area is 157 Å². The Hall–Kier alpha value is -2.68. The molecule has 1 aliphatic rings. The van der Waals surface area contributed by atoms with E-state index in [9.17, 15) is 26.7 Å². The van der Waals surface area contributed by atoms with Gasteiger partial charge in [-0.2, -0.15) is 13.2 Å². The molecule has 2 aromatic rings. The number of halogens is 5. The third-order valence-electron chi connectivity index (χ3n) is 4.37. The van der Waals surface area contributed by atoms with Gasteiger partial charge in [0.2, 0.25) is 5.91 Å². The number of carbonyl (C=O) groups excluding carboxylic acids is 1. The van der Waals surface area contributed by atoms with E-state index in [4.69, 9.17) is 4.74 Å². The van der Waals surface area contributed by atoms with Crippen molar-refractivity contribution in [3.05, 3.63) is 59.2 Å². The summed E-state index contributed by atoms with van der Waals surface area (Å²) in [7, 11) is 0. The Bertz CT molecular complexity index is 864. The number of alkyl halides is 3. The summed E-state index contributed by atoms with van der Waals surface area (Å²) in [5, 5.41) is 5.07. The number of benzene rings is 2. The first-order valence-corrected chi connectivity index (χ1v) is 8.51. The predicted molar refractivity (Wildman–Crippen MR) is 91.9 cm³/mol. The molecule has 1 amide bonds. The molecule has 1 aliphatic heterocycles. The average molecular weight is 400 g/mol. The second kappa shape index (κ2) is 8.14. The molecule has 9 heteroatoms. The van der Waals surface area contributed by atoms with Crippen molar-refractivity contribution in [2.24, 2.45) is 5.92 Å². The molecule has 1 atom stereocenters. The second-order valence-electron chi connectivity index (χ2n) is 6.40. The number of amides is 1. The lowest BCUT2D eigenvalue weighted by molar-refractivity contribution is -0.137. The topological polar surface area (TPSA) is 50.4 Å². The fourth-order valence-electron chi connectivity index (χ4n) is 2.85. The summed E-state index contributed by atoms with van der Waals surface area (Å²) in [5.74, 6) is -2.21. The Morgan fingerprint density at radius 1 is 1.14 bits per heavy atom. The third kappa shape index (κ3) is 4.78.